The third-order valence-corrected chi connectivity index (χ3v) is 14.3. The molecule has 5 aliphatic rings. The molecule has 5 heterocycles. The van der Waals surface area contributed by atoms with Crippen molar-refractivity contribution >= 4 is 11.8 Å². The van der Waals surface area contributed by atoms with Crippen LogP contribution in [0.15, 0.2) is 12.2 Å². The van der Waals surface area contributed by atoms with Crippen molar-refractivity contribution in [2.24, 2.45) is 23.7 Å². The van der Waals surface area contributed by atoms with E-state index in [-0.39, 0.29) is 44.3 Å². The van der Waals surface area contributed by atoms with Gasteiger partial charge in [-0.15, -0.1) is 0 Å². The number of hydrogen-bond donors (Lipinski definition) is 5. The van der Waals surface area contributed by atoms with Crippen LogP contribution in [0.2, 0.25) is 0 Å². The summed E-state index contributed by atoms with van der Waals surface area (Å²) in [5.41, 5.74) is -2.31. The van der Waals surface area contributed by atoms with E-state index in [1.165, 1.54) is 20.3 Å². The zero-order valence-corrected chi connectivity index (χ0v) is 39.9. The lowest BCUT2D eigenvalue weighted by Gasteiger charge is -2.48. The van der Waals surface area contributed by atoms with Crippen LogP contribution >= 0.6 is 0 Å². The van der Waals surface area contributed by atoms with E-state index in [1.54, 1.807) is 33.8 Å². The molecule has 4 saturated heterocycles. The molecule has 5 aliphatic heterocycles. The molecule has 5 N–H and O–H groups in total. The summed E-state index contributed by atoms with van der Waals surface area (Å²) in [4.78, 5) is 29.7. The zero-order chi connectivity index (χ0) is 47.4. The molecule has 18 nitrogen and oxygen atoms in total. The highest BCUT2D eigenvalue weighted by atomic mass is 16.7. The van der Waals surface area contributed by atoms with Crippen molar-refractivity contribution < 1.29 is 82.5 Å². The van der Waals surface area contributed by atoms with Crippen molar-refractivity contribution in [3.05, 3.63) is 12.2 Å². The Labute approximate surface area is 379 Å². The van der Waals surface area contributed by atoms with E-state index in [2.05, 4.69) is 0 Å². The number of hydrogen-bond acceptors (Lipinski definition) is 18. The molecule has 0 amide bonds. The molecule has 0 saturated carbocycles. The van der Waals surface area contributed by atoms with Crippen LogP contribution in [0.4, 0.5) is 0 Å². The topological polar surface area (TPSA) is 234 Å². The smallest absolute Gasteiger partial charge is 0.308 e. The lowest BCUT2D eigenvalue weighted by Crippen LogP contribution is -2.60. The summed E-state index contributed by atoms with van der Waals surface area (Å²) < 4.78 is 61.8. The van der Waals surface area contributed by atoms with Crippen LogP contribution in [-0.2, 0) is 57.0 Å². The zero-order valence-electron chi connectivity index (χ0n) is 39.9. The number of likely N-dealkylation sites (N-methyl/N-ethyl adjacent to an activating group) is 1. The summed E-state index contributed by atoms with van der Waals surface area (Å²) in [6, 6.07) is -0.257. The van der Waals surface area contributed by atoms with Gasteiger partial charge in [0.2, 0.25) is 0 Å². The summed E-state index contributed by atoms with van der Waals surface area (Å²) in [6.07, 6.45) is -7.47. The molecule has 18 heteroatoms. The molecule has 0 aromatic heterocycles. The molecule has 9 unspecified atom stereocenters. The number of rotatable bonds is 13. The molecule has 370 valence electrons. The van der Waals surface area contributed by atoms with E-state index < -0.39 is 133 Å². The number of allylic oxidation sites excluding steroid dienone is 1. The van der Waals surface area contributed by atoms with Crippen molar-refractivity contribution in [2.75, 3.05) is 41.5 Å². The number of carbonyl (C=O) groups excluding carboxylic acids is 2. The normalized spacial score (nSPS) is 48.1. The van der Waals surface area contributed by atoms with Crippen LogP contribution in [0.3, 0.4) is 0 Å². The molecule has 4 fully saturated rings. The first-order valence-corrected chi connectivity index (χ1v) is 23.2. The molecule has 0 aromatic carbocycles. The van der Waals surface area contributed by atoms with Gasteiger partial charge in [0, 0.05) is 57.5 Å². The van der Waals surface area contributed by atoms with Crippen LogP contribution in [0, 0.1) is 23.7 Å². The van der Waals surface area contributed by atoms with Gasteiger partial charge in [0.05, 0.1) is 55.3 Å². The molecule has 5 rings (SSSR count). The number of carbonyl (C=O) groups is 2. The van der Waals surface area contributed by atoms with Crippen molar-refractivity contribution in [2.45, 2.75) is 203 Å². The molecule has 22 atom stereocenters. The van der Waals surface area contributed by atoms with Crippen molar-refractivity contribution in [1.29, 1.82) is 0 Å². The highest BCUT2D eigenvalue weighted by molar-refractivity contribution is 5.91. The summed E-state index contributed by atoms with van der Waals surface area (Å²) in [5.74, 6) is -2.97. The summed E-state index contributed by atoms with van der Waals surface area (Å²) in [5, 5.41) is 54.3. The molecule has 0 spiro atoms. The lowest BCUT2D eigenvalue weighted by molar-refractivity contribution is -0.322. The summed E-state index contributed by atoms with van der Waals surface area (Å²) >= 11 is 0. The van der Waals surface area contributed by atoms with Gasteiger partial charge in [-0.05, 0) is 86.0 Å². The van der Waals surface area contributed by atoms with Gasteiger partial charge in [0.25, 0.3) is 0 Å². The maximum absolute atomic E-state index is 13.9. The molecule has 0 aromatic rings. The predicted octanol–water partition coefficient (Wildman–Crippen LogP) is 1.87. The maximum Gasteiger partial charge on any atom is 0.308 e. The number of nitrogens with zero attached hydrogens (tertiary/aromatic N) is 1. The lowest BCUT2D eigenvalue weighted by atomic mass is 9.79. The second kappa shape index (κ2) is 22.6. The minimum Gasteiger partial charge on any atom is -0.462 e. The number of methoxy groups -OCH3 is 2. The third kappa shape index (κ3) is 12.5. The summed E-state index contributed by atoms with van der Waals surface area (Å²) in [6.45, 7) is 13.9. The minimum absolute atomic E-state index is 0.00210. The number of epoxide rings is 1. The Bertz CT molecular complexity index is 1530. The Balaban J connectivity index is 1.38. The molecular weight excluding hydrogens is 838 g/mol. The highest BCUT2D eigenvalue weighted by Gasteiger charge is 2.58. The Morgan fingerprint density at radius 3 is 2.12 bits per heavy atom. The van der Waals surface area contributed by atoms with Gasteiger partial charge in [-0.25, -0.2) is 0 Å². The Morgan fingerprint density at radius 1 is 0.859 bits per heavy atom. The van der Waals surface area contributed by atoms with Gasteiger partial charge in [-0.3, -0.25) is 9.59 Å². The fraction of sp³-hybridized carbons (Fsp3) is 0.913. The number of cyclic esters (lactones) is 1. The second-order valence-electron chi connectivity index (χ2n) is 19.5. The van der Waals surface area contributed by atoms with Gasteiger partial charge in [0.15, 0.2) is 24.7 Å². The molecule has 64 heavy (non-hydrogen) atoms. The SMILES string of the molecule is CCC1OC(=O)CC(O)C(C)C(O[C@H]2C[C@@H](N(C)C)[C@H](O[C@H]3C[C@@](C)(O)[C@@H](O)[C@H](C)O3)[C@H](C)O2)C(CCO)CC(C)C(=O)/C=C/C2(C)OC2C1CO[C@@H]1O[C@H](C)[C@@H](O)[C@@H](OC)[C@H]1OC. The predicted molar refractivity (Wildman–Crippen MR) is 229 cm³/mol. The van der Waals surface area contributed by atoms with Crippen molar-refractivity contribution in [3.8, 4) is 0 Å². The Hall–Kier alpha value is -1.72. The van der Waals surface area contributed by atoms with E-state index in [9.17, 15) is 35.1 Å². The number of ether oxygens (including phenoxy) is 10. The van der Waals surface area contributed by atoms with Gasteiger partial charge in [0.1, 0.15) is 42.2 Å². The van der Waals surface area contributed by atoms with Crippen LogP contribution in [0.5, 0.6) is 0 Å². The van der Waals surface area contributed by atoms with Gasteiger partial charge in [-0.1, -0.05) is 20.8 Å². The highest BCUT2D eigenvalue weighted by Crippen LogP contribution is 2.46. The van der Waals surface area contributed by atoms with E-state index in [4.69, 9.17) is 47.4 Å². The molecule has 0 radical (unpaired) electrons. The average molecular weight is 918 g/mol. The van der Waals surface area contributed by atoms with Gasteiger partial charge >= 0.3 is 5.97 Å². The minimum atomic E-state index is -1.42. The van der Waals surface area contributed by atoms with E-state index in [0.29, 0.717) is 19.3 Å². The number of aliphatic hydroxyl groups is 5. The fourth-order valence-electron chi connectivity index (χ4n) is 10.2. The molecule has 0 bridgehead atoms. The molecular formula is C46H79NO17. The van der Waals surface area contributed by atoms with E-state index in [0.717, 1.165) is 0 Å². The van der Waals surface area contributed by atoms with E-state index >= 15 is 0 Å². The van der Waals surface area contributed by atoms with Crippen LogP contribution in [0.1, 0.15) is 93.9 Å². The molecule has 0 aliphatic carbocycles. The van der Waals surface area contributed by atoms with Crippen molar-refractivity contribution in [3.63, 3.8) is 0 Å². The van der Waals surface area contributed by atoms with Crippen LogP contribution < -0.4 is 0 Å². The Morgan fingerprint density at radius 2 is 1.52 bits per heavy atom. The van der Waals surface area contributed by atoms with Crippen LogP contribution in [0.25, 0.3) is 0 Å². The maximum atomic E-state index is 13.9. The number of aliphatic hydroxyl groups excluding tert-OH is 4. The van der Waals surface area contributed by atoms with E-state index in [1.807, 2.05) is 46.7 Å². The average Bonchev–Trinajstić information content (AvgIpc) is 3.91. The van der Waals surface area contributed by atoms with Crippen molar-refractivity contribution in [1.82, 2.24) is 4.90 Å². The number of fused-ring (bicyclic) bond motifs is 1. The Kier molecular flexibility index (Phi) is 18.8. The number of esters is 1. The fourth-order valence-corrected chi connectivity index (χ4v) is 10.2. The first kappa shape index (κ1) is 53.2. The number of ketones is 1. The summed E-state index contributed by atoms with van der Waals surface area (Å²) in [7, 11) is 6.78. The first-order chi connectivity index (χ1) is 30.1. The third-order valence-electron chi connectivity index (χ3n) is 14.3. The standard InChI is InChI=1S/C46H79NO17/c1-13-33-29(22-57-44-41(56-12)40(55-11)37(52)25(4)60-44)43-46(8,64-43)16-14-31(49)23(2)18-28(15-17-48)38(24(3)32(50)20-34(51)61-33)62-35-19-30(47(9)10)39(26(5)58-35)63-36-21-45(7,54)42(53)27(6)59-36/h14,16,23-30,32-33,35-44,48,50,52-54H,13,15,17-22H2,1-12H3/b16-14+/t23?,24?,25-,26+,27+,28?,29?,30-,32?,33?,35+,36+,37-,38?,39-,40-,41-,42+,43?,44-,45-,46?/m1/s1. The largest absolute Gasteiger partial charge is 0.462 e. The quantitative estimate of drug-likeness (QED) is 0.131. The monoisotopic (exact) mass is 918 g/mol. The van der Waals surface area contributed by atoms with Gasteiger partial charge < -0.3 is 77.8 Å². The van der Waals surface area contributed by atoms with Gasteiger partial charge in [-0.2, -0.15) is 0 Å². The first-order valence-electron chi connectivity index (χ1n) is 23.2. The van der Waals surface area contributed by atoms with Crippen LogP contribution in [-0.4, -0.2) is 193 Å². The second-order valence-corrected chi connectivity index (χ2v) is 19.5.